The summed E-state index contributed by atoms with van der Waals surface area (Å²) in [4.78, 5) is 23.7. The molecule has 0 saturated heterocycles. The maximum Gasteiger partial charge on any atom is 0.245 e. The summed E-state index contributed by atoms with van der Waals surface area (Å²) in [5.74, 6) is 0.127. The number of hydrogen-bond donors (Lipinski definition) is 1. The van der Waals surface area contributed by atoms with Crippen molar-refractivity contribution in [3.05, 3.63) is 17.3 Å². The lowest BCUT2D eigenvalue weighted by molar-refractivity contribution is -0.114. The fourth-order valence-corrected chi connectivity index (χ4v) is 1.87. The summed E-state index contributed by atoms with van der Waals surface area (Å²) in [5.41, 5.74) is 0.956. The Morgan fingerprint density at radius 3 is 2.81 bits per heavy atom. The number of anilines is 1. The first kappa shape index (κ1) is 15.4. The first-order chi connectivity index (χ1) is 9.99. The number of amides is 1. The summed E-state index contributed by atoms with van der Waals surface area (Å²) < 4.78 is 10.7. The van der Waals surface area contributed by atoms with Crippen LogP contribution in [0.3, 0.4) is 0 Å². The maximum absolute atomic E-state index is 11.2. The van der Waals surface area contributed by atoms with Crippen molar-refractivity contribution in [3.8, 4) is 5.88 Å². The number of methoxy groups -OCH3 is 1. The van der Waals surface area contributed by atoms with E-state index in [0.29, 0.717) is 22.8 Å². The van der Waals surface area contributed by atoms with Gasteiger partial charge in [-0.25, -0.2) is 9.97 Å². The van der Waals surface area contributed by atoms with Crippen LogP contribution in [0, 0.1) is 0 Å². The molecule has 2 heterocycles. The molecule has 7 nitrogen and oxygen atoms in total. The van der Waals surface area contributed by atoms with E-state index >= 15 is 0 Å². The fourth-order valence-electron chi connectivity index (χ4n) is 1.72. The summed E-state index contributed by atoms with van der Waals surface area (Å²) >= 11 is 5.90. The average Bonchev–Trinajstić information content (AvgIpc) is 2.39. The van der Waals surface area contributed by atoms with Crippen molar-refractivity contribution in [2.24, 2.45) is 0 Å². The number of pyridine rings is 1. The zero-order chi connectivity index (χ0) is 15.4. The van der Waals surface area contributed by atoms with Crippen LogP contribution >= 0.6 is 11.6 Å². The number of nitrogens with one attached hydrogen (secondary N) is 1. The molecule has 0 saturated carbocycles. The Bertz CT molecular complexity index is 665. The molecule has 0 aliphatic heterocycles. The Labute approximate surface area is 126 Å². The topological polar surface area (TPSA) is 86.2 Å². The van der Waals surface area contributed by atoms with Gasteiger partial charge in [0.05, 0.1) is 12.1 Å². The van der Waals surface area contributed by atoms with Crippen molar-refractivity contribution in [2.45, 2.75) is 20.0 Å². The van der Waals surface area contributed by atoms with Crippen LogP contribution < -0.4 is 10.1 Å². The highest BCUT2D eigenvalue weighted by molar-refractivity contribution is 6.29. The van der Waals surface area contributed by atoms with Crippen molar-refractivity contribution >= 4 is 34.5 Å². The van der Waals surface area contributed by atoms with E-state index < -0.39 is 0 Å². The van der Waals surface area contributed by atoms with E-state index in [1.54, 1.807) is 19.2 Å². The Balaban J connectivity index is 2.47. The molecule has 0 radical (unpaired) electrons. The van der Waals surface area contributed by atoms with Gasteiger partial charge in [-0.2, -0.15) is 4.98 Å². The predicted molar refractivity (Wildman–Crippen MR) is 78.6 cm³/mol. The molecule has 0 aliphatic rings. The molecule has 0 aliphatic carbocycles. The van der Waals surface area contributed by atoms with Crippen molar-refractivity contribution in [1.82, 2.24) is 15.0 Å². The molecule has 112 valence electrons. The van der Waals surface area contributed by atoms with Gasteiger partial charge in [0, 0.05) is 14.0 Å². The predicted octanol–water partition coefficient (Wildman–Crippen LogP) is 2.05. The van der Waals surface area contributed by atoms with Crippen LogP contribution in [0.4, 0.5) is 5.95 Å². The first-order valence-corrected chi connectivity index (χ1v) is 6.65. The second-order valence-electron chi connectivity index (χ2n) is 4.42. The smallest absolute Gasteiger partial charge is 0.245 e. The van der Waals surface area contributed by atoms with Crippen LogP contribution in [-0.2, 0) is 9.53 Å². The minimum absolute atomic E-state index is 0.152. The van der Waals surface area contributed by atoms with Gasteiger partial charge < -0.3 is 9.47 Å². The molecule has 2 aromatic rings. The highest BCUT2D eigenvalue weighted by atomic mass is 35.5. The number of fused-ring (bicyclic) bond motifs is 1. The molecule has 1 atom stereocenters. The van der Waals surface area contributed by atoms with Gasteiger partial charge >= 0.3 is 0 Å². The molecule has 21 heavy (non-hydrogen) atoms. The number of aromatic nitrogens is 3. The van der Waals surface area contributed by atoms with E-state index in [-0.39, 0.29) is 23.8 Å². The Morgan fingerprint density at radius 1 is 1.38 bits per heavy atom. The number of carbonyl (C=O) groups excluding carboxylic acids is 1. The van der Waals surface area contributed by atoms with Gasteiger partial charge in [0.1, 0.15) is 11.3 Å². The first-order valence-electron chi connectivity index (χ1n) is 6.27. The van der Waals surface area contributed by atoms with Gasteiger partial charge in [0.15, 0.2) is 5.52 Å². The van der Waals surface area contributed by atoms with E-state index in [4.69, 9.17) is 21.1 Å². The lowest BCUT2D eigenvalue weighted by atomic mass is 10.3. The zero-order valence-corrected chi connectivity index (χ0v) is 12.6. The van der Waals surface area contributed by atoms with E-state index in [1.165, 1.54) is 6.92 Å². The zero-order valence-electron chi connectivity index (χ0n) is 11.9. The van der Waals surface area contributed by atoms with E-state index in [0.717, 1.165) is 0 Å². The Morgan fingerprint density at radius 2 is 2.14 bits per heavy atom. The minimum atomic E-state index is -0.271. The van der Waals surface area contributed by atoms with Crippen LogP contribution in [-0.4, -0.2) is 40.7 Å². The third-order valence-corrected chi connectivity index (χ3v) is 2.69. The minimum Gasteiger partial charge on any atom is -0.471 e. The van der Waals surface area contributed by atoms with E-state index in [1.807, 2.05) is 6.92 Å². The maximum atomic E-state index is 11.2. The van der Waals surface area contributed by atoms with Gasteiger partial charge in [-0.05, 0) is 19.1 Å². The molecule has 0 spiro atoms. The number of rotatable bonds is 5. The monoisotopic (exact) mass is 310 g/mol. The van der Waals surface area contributed by atoms with E-state index in [9.17, 15) is 4.79 Å². The number of halogens is 1. The van der Waals surface area contributed by atoms with Crippen LogP contribution in [0.5, 0.6) is 5.88 Å². The largest absolute Gasteiger partial charge is 0.471 e. The van der Waals surface area contributed by atoms with Crippen molar-refractivity contribution in [3.63, 3.8) is 0 Å². The lowest BCUT2D eigenvalue weighted by Crippen LogP contribution is -2.20. The van der Waals surface area contributed by atoms with Gasteiger partial charge in [-0.15, -0.1) is 0 Å². The van der Waals surface area contributed by atoms with Gasteiger partial charge in [0.2, 0.25) is 17.7 Å². The van der Waals surface area contributed by atoms with Crippen molar-refractivity contribution in [1.29, 1.82) is 0 Å². The summed E-state index contributed by atoms with van der Waals surface area (Å²) in [7, 11) is 1.58. The van der Waals surface area contributed by atoms with Crippen LogP contribution in [0.25, 0.3) is 11.0 Å². The summed E-state index contributed by atoms with van der Waals surface area (Å²) in [5, 5.41) is 2.83. The highest BCUT2D eigenvalue weighted by Gasteiger charge is 2.14. The average molecular weight is 311 g/mol. The second-order valence-corrected chi connectivity index (χ2v) is 4.81. The third-order valence-electron chi connectivity index (χ3n) is 2.48. The van der Waals surface area contributed by atoms with Crippen LogP contribution in [0.1, 0.15) is 13.8 Å². The Kier molecular flexibility index (Phi) is 4.87. The number of carbonyl (C=O) groups is 1. The molecule has 1 amide bonds. The van der Waals surface area contributed by atoms with E-state index in [2.05, 4.69) is 20.3 Å². The van der Waals surface area contributed by atoms with Crippen molar-refractivity contribution < 1.29 is 14.3 Å². The number of ether oxygens (including phenoxy) is 2. The van der Waals surface area contributed by atoms with Crippen LogP contribution in [0.2, 0.25) is 5.15 Å². The standard InChI is InChI=1S/C13H15ClN4O3/c1-7(6-20-3)21-12-11-9(4-5-10(14)17-11)16-13(18-12)15-8(2)19/h4-5,7H,6H2,1-3H3,(H,15,16,18,19)/t7-/m1/s1. The van der Waals surface area contributed by atoms with Gasteiger partial charge in [-0.1, -0.05) is 11.6 Å². The molecule has 8 heteroatoms. The van der Waals surface area contributed by atoms with Gasteiger partial charge in [-0.3, -0.25) is 10.1 Å². The fraction of sp³-hybridized carbons (Fsp3) is 0.385. The quantitative estimate of drug-likeness (QED) is 0.851. The van der Waals surface area contributed by atoms with Gasteiger partial charge in [0.25, 0.3) is 0 Å². The number of hydrogen-bond acceptors (Lipinski definition) is 6. The van der Waals surface area contributed by atoms with Crippen LogP contribution in [0.15, 0.2) is 12.1 Å². The van der Waals surface area contributed by atoms with Crippen molar-refractivity contribution in [2.75, 3.05) is 19.0 Å². The molecule has 0 bridgehead atoms. The summed E-state index contributed by atoms with van der Waals surface area (Å²) in [6.07, 6.45) is -0.237. The summed E-state index contributed by atoms with van der Waals surface area (Å²) in [6.45, 7) is 3.60. The SMILES string of the molecule is COC[C@@H](C)Oc1nc(NC(C)=O)nc2ccc(Cl)nc12. The Hall–Kier alpha value is -1.99. The molecule has 0 unspecified atom stereocenters. The molecule has 2 rings (SSSR count). The second kappa shape index (κ2) is 6.64. The summed E-state index contributed by atoms with van der Waals surface area (Å²) in [6, 6.07) is 3.29. The third kappa shape index (κ3) is 3.99. The molecule has 2 aromatic heterocycles. The molecular weight excluding hydrogens is 296 g/mol. The molecular formula is C13H15ClN4O3. The molecule has 1 N–H and O–H groups in total. The number of nitrogens with zero attached hydrogens (tertiary/aromatic N) is 3. The molecule has 0 fully saturated rings. The lowest BCUT2D eigenvalue weighted by Gasteiger charge is -2.14. The normalized spacial score (nSPS) is 12.2. The highest BCUT2D eigenvalue weighted by Crippen LogP contribution is 2.24. The molecule has 0 aromatic carbocycles.